The first-order valence-corrected chi connectivity index (χ1v) is 7.82. The highest BCUT2D eigenvalue weighted by molar-refractivity contribution is 5.99. The lowest BCUT2D eigenvalue weighted by molar-refractivity contribution is -0.129. The fraction of sp³-hybridized carbons (Fsp3) is 0.278. The van der Waals surface area contributed by atoms with Gasteiger partial charge in [0.1, 0.15) is 5.75 Å². The molecule has 1 aromatic heterocycles. The van der Waals surface area contributed by atoms with E-state index in [1.54, 1.807) is 17.9 Å². The molecular formula is C18H17NO6. The summed E-state index contributed by atoms with van der Waals surface area (Å²) in [6.07, 6.45) is 3.20. The number of amides is 1. The van der Waals surface area contributed by atoms with Crippen LogP contribution in [0.1, 0.15) is 21.5 Å². The minimum Gasteiger partial charge on any atom is -0.507 e. The second kappa shape index (κ2) is 6.90. The van der Waals surface area contributed by atoms with Gasteiger partial charge in [-0.15, -0.1) is 0 Å². The molecule has 0 radical (unpaired) electrons. The van der Waals surface area contributed by atoms with Crippen LogP contribution < -0.4 is 5.63 Å². The molecule has 1 aliphatic rings. The van der Waals surface area contributed by atoms with Crippen LogP contribution in [0.4, 0.5) is 0 Å². The van der Waals surface area contributed by atoms with Crippen LogP contribution in [0, 0.1) is 6.92 Å². The number of aromatic hydroxyl groups is 1. The smallest absolute Gasteiger partial charge is 0.343 e. The normalized spacial score (nSPS) is 15.0. The summed E-state index contributed by atoms with van der Waals surface area (Å²) in [6, 6.07) is 2.93. The van der Waals surface area contributed by atoms with E-state index in [1.165, 1.54) is 18.2 Å². The summed E-state index contributed by atoms with van der Waals surface area (Å²) in [4.78, 5) is 37.2. The topological polar surface area (TPSA) is 97.0 Å². The second-order valence-corrected chi connectivity index (χ2v) is 5.69. The Bertz CT molecular complexity index is 921. The van der Waals surface area contributed by atoms with Gasteiger partial charge in [-0.1, -0.05) is 0 Å². The van der Waals surface area contributed by atoms with Gasteiger partial charge < -0.3 is 19.2 Å². The molecule has 0 unspecified atom stereocenters. The highest BCUT2D eigenvalue weighted by Gasteiger charge is 2.17. The van der Waals surface area contributed by atoms with E-state index in [2.05, 4.69) is 0 Å². The van der Waals surface area contributed by atoms with Crippen molar-refractivity contribution in [1.29, 1.82) is 0 Å². The van der Waals surface area contributed by atoms with Crippen molar-refractivity contribution in [2.24, 2.45) is 0 Å². The van der Waals surface area contributed by atoms with Crippen LogP contribution in [0.5, 0.6) is 5.75 Å². The van der Waals surface area contributed by atoms with E-state index in [0.29, 0.717) is 43.5 Å². The van der Waals surface area contributed by atoms with Crippen molar-refractivity contribution in [3.05, 3.63) is 45.3 Å². The molecule has 0 bridgehead atoms. The van der Waals surface area contributed by atoms with Gasteiger partial charge >= 0.3 is 5.63 Å². The molecule has 1 aliphatic heterocycles. The molecule has 3 rings (SSSR count). The largest absolute Gasteiger partial charge is 0.507 e. The summed E-state index contributed by atoms with van der Waals surface area (Å²) >= 11 is 0. The molecule has 0 saturated carbocycles. The summed E-state index contributed by atoms with van der Waals surface area (Å²) in [5.74, 6) is -0.461. The third-order valence-electron chi connectivity index (χ3n) is 4.23. The van der Waals surface area contributed by atoms with Crippen LogP contribution in [0.25, 0.3) is 17.0 Å². The molecule has 130 valence electrons. The Hall–Kier alpha value is -2.93. The van der Waals surface area contributed by atoms with Crippen molar-refractivity contribution in [1.82, 2.24) is 4.90 Å². The van der Waals surface area contributed by atoms with E-state index < -0.39 is 5.63 Å². The van der Waals surface area contributed by atoms with Gasteiger partial charge in [0.15, 0.2) is 11.9 Å². The number of phenolic OH excluding ortho intramolecular Hbond substituents is 1. The summed E-state index contributed by atoms with van der Waals surface area (Å²) in [5.41, 5.74) is 0.0912. The Morgan fingerprint density at radius 2 is 1.96 bits per heavy atom. The average molecular weight is 343 g/mol. The highest BCUT2D eigenvalue weighted by atomic mass is 16.5. The van der Waals surface area contributed by atoms with E-state index >= 15 is 0 Å². The first-order chi connectivity index (χ1) is 12.0. The zero-order chi connectivity index (χ0) is 18.0. The first kappa shape index (κ1) is 16.9. The van der Waals surface area contributed by atoms with Gasteiger partial charge in [0.05, 0.1) is 24.3 Å². The molecule has 1 saturated heterocycles. The first-order valence-electron chi connectivity index (χ1n) is 7.82. The summed E-state index contributed by atoms with van der Waals surface area (Å²) in [6.45, 7) is 3.71. The molecule has 0 spiro atoms. The van der Waals surface area contributed by atoms with Crippen LogP contribution >= 0.6 is 0 Å². The SMILES string of the molecule is Cc1c(C=CC(=O)N2CCOCC2)c(=O)oc2c(C=O)c(O)ccc12. The number of phenols is 1. The maximum atomic E-state index is 12.3. The van der Waals surface area contributed by atoms with Crippen LogP contribution in [0.2, 0.25) is 0 Å². The Morgan fingerprint density at radius 3 is 2.64 bits per heavy atom. The number of hydrogen-bond donors (Lipinski definition) is 1. The Balaban J connectivity index is 2.01. The zero-order valence-corrected chi connectivity index (χ0v) is 13.7. The molecule has 2 heterocycles. The maximum absolute atomic E-state index is 12.3. The highest BCUT2D eigenvalue weighted by Crippen LogP contribution is 2.28. The number of fused-ring (bicyclic) bond motifs is 1. The van der Waals surface area contributed by atoms with E-state index in [1.807, 2.05) is 0 Å². The summed E-state index contributed by atoms with van der Waals surface area (Å²) < 4.78 is 10.4. The number of ether oxygens (including phenoxy) is 1. The Labute approximate surface area is 143 Å². The number of aryl methyl sites for hydroxylation is 1. The number of nitrogens with zero attached hydrogens (tertiary/aromatic N) is 1. The van der Waals surface area contributed by atoms with Crippen LogP contribution in [-0.2, 0) is 9.53 Å². The zero-order valence-electron chi connectivity index (χ0n) is 13.7. The molecular weight excluding hydrogens is 326 g/mol. The standard InChI is InChI=1S/C18H17NO6/c1-11-12-2-4-15(21)14(10-20)17(12)25-18(23)13(11)3-5-16(22)19-6-8-24-9-7-19/h2-5,10,21H,6-9H2,1H3. The molecule has 1 fully saturated rings. The van der Waals surface area contributed by atoms with E-state index in [9.17, 15) is 19.5 Å². The van der Waals surface area contributed by atoms with Gasteiger partial charge in [0.2, 0.25) is 5.91 Å². The summed E-state index contributed by atoms with van der Waals surface area (Å²) in [5, 5.41) is 10.2. The monoisotopic (exact) mass is 343 g/mol. The van der Waals surface area contributed by atoms with Crippen LogP contribution in [-0.4, -0.2) is 48.5 Å². The van der Waals surface area contributed by atoms with Crippen LogP contribution in [0.3, 0.4) is 0 Å². The van der Waals surface area contributed by atoms with E-state index in [-0.39, 0.29) is 28.4 Å². The van der Waals surface area contributed by atoms with Gasteiger partial charge in [-0.25, -0.2) is 4.79 Å². The Morgan fingerprint density at radius 1 is 1.24 bits per heavy atom. The number of benzene rings is 1. The minimum atomic E-state index is -0.676. The molecule has 25 heavy (non-hydrogen) atoms. The van der Waals surface area contributed by atoms with Gasteiger partial charge in [0, 0.05) is 24.6 Å². The van der Waals surface area contributed by atoms with Crippen molar-refractivity contribution in [2.75, 3.05) is 26.3 Å². The lowest BCUT2D eigenvalue weighted by atomic mass is 10.0. The molecule has 7 nitrogen and oxygen atoms in total. The molecule has 1 aromatic carbocycles. The Kier molecular flexibility index (Phi) is 4.67. The number of hydrogen-bond acceptors (Lipinski definition) is 6. The number of carbonyl (C=O) groups is 2. The third kappa shape index (κ3) is 3.18. The summed E-state index contributed by atoms with van der Waals surface area (Å²) in [7, 11) is 0. The molecule has 0 atom stereocenters. The van der Waals surface area contributed by atoms with Crippen molar-refractivity contribution >= 4 is 29.2 Å². The number of aldehydes is 1. The van der Waals surface area contributed by atoms with Crippen LogP contribution in [0.15, 0.2) is 27.4 Å². The molecule has 2 aromatic rings. The predicted molar refractivity (Wildman–Crippen MR) is 90.7 cm³/mol. The number of morpholine rings is 1. The molecule has 1 N–H and O–H groups in total. The van der Waals surface area contributed by atoms with Crippen molar-refractivity contribution < 1.29 is 23.8 Å². The maximum Gasteiger partial charge on any atom is 0.343 e. The van der Waals surface area contributed by atoms with Gasteiger partial charge in [-0.2, -0.15) is 0 Å². The van der Waals surface area contributed by atoms with Crippen molar-refractivity contribution in [3.63, 3.8) is 0 Å². The fourth-order valence-electron chi connectivity index (χ4n) is 2.79. The number of carbonyl (C=O) groups excluding carboxylic acids is 2. The van der Waals surface area contributed by atoms with Gasteiger partial charge in [-0.3, -0.25) is 9.59 Å². The lowest BCUT2D eigenvalue weighted by Gasteiger charge is -2.25. The van der Waals surface area contributed by atoms with E-state index in [0.717, 1.165) is 0 Å². The molecule has 1 amide bonds. The average Bonchev–Trinajstić information content (AvgIpc) is 2.62. The second-order valence-electron chi connectivity index (χ2n) is 5.69. The quantitative estimate of drug-likeness (QED) is 0.515. The van der Waals surface area contributed by atoms with Crippen molar-refractivity contribution in [3.8, 4) is 5.75 Å². The van der Waals surface area contributed by atoms with Crippen molar-refractivity contribution in [2.45, 2.75) is 6.92 Å². The molecule has 0 aliphatic carbocycles. The molecule has 7 heteroatoms. The predicted octanol–water partition coefficient (Wildman–Crippen LogP) is 1.49. The van der Waals surface area contributed by atoms with Gasteiger partial charge in [-0.05, 0) is 30.7 Å². The lowest BCUT2D eigenvalue weighted by Crippen LogP contribution is -2.39. The minimum absolute atomic E-state index is 0.0363. The van der Waals surface area contributed by atoms with Gasteiger partial charge in [0.25, 0.3) is 0 Å². The van der Waals surface area contributed by atoms with E-state index in [4.69, 9.17) is 9.15 Å². The number of rotatable bonds is 3. The fourth-order valence-corrected chi connectivity index (χ4v) is 2.79. The third-order valence-corrected chi connectivity index (χ3v) is 4.23.